The number of methoxy groups -OCH3 is 1. The number of nitrogens with zero attached hydrogens (tertiary/aromatic N) is 1. The summed E-state index contributed by atoms with van der Waals surface area (Å²) >= 11 is 0. The SMILES string of the molecule is COc1cc2c(cc1C=O)C(C)(C)C(O)N2C. The van der Waals surface area contributed by atoms with Crippen LogP contribution in [0.5, 0.6) is 5.75 Å². The van der Waals surface area contributed by atoms with Gasteiger partial charge in [0.25, 0.3) is 0 Å². The molecule has 4 nitrogen and oxygen atoms in total. The average Bonchev–Trinajstić information content (AvgIpc) is 2.49. The number of carbonyl (C=O) groups is 1. The van der Waals surface area contributed by atoms with Crippen molar-refractivity contribution in [1.29, 1.82) is 0 Å². The van der Waals surface area contributed by atoms with E-state index in [4.69, 9.17) is 4.74 Å². The minimum atomic E-state index is -0.593. The zero-order valence-electron chi connectivity index (χ0n) is 10.5. The number of hydrogen-bond donors (Lipinski definition) is 1. The monoisotopic (exact) mass is 235 g/mol. The van der Waals surface area contributed by atoms with Gasteiger partial charge in [-0.3, -0.25) is 4.79 Å². The Balaban J connectivity index is 2.67. The molecule has 1 aliphatic rings. The van der Waals surface area contributed by atoms with Gasteiger partial charge in [-0.05, 0) is 11.6 Å². The van der Waals surface area contributed by atoms with Gasteiger partial charge in [-0.25, -0.2) is 0 Å². The number of fused-ring (bicyclic) bond motifs is 1. The molecule has 1 unspecified atom stereocenters. The van der Waals surface area contributed by atoms with Crippen LogP contribution in [0.4, 0.5) is 5.69 Å². The number of benzene rings is 1. The second-order valence-corrected chi connectivity index (χ2v) is 4.94. The Morgan fingerprint density at radius 3 is 2.65 bits per heavy atom. The van der Waals surface area contributed by atoms with E-state index in [1.807, 2.05) is 20.9 Å². The number of ether oxygens (including phenoxy) is 1. The van der Waals surface area contributed by atoms with Crippen LogP contribution in [0.3, 0.4) is 0 Å². The van der Waals surface area contributed by atoms with Crippen LogP contribution in [0.15, 0.2) is 12.1 Å². The molecule has 0 saturated heterocycles. The Kier molecular flexibility index (Phi) is 2.62. The number of likely N-dealkylation sites (N-methyl/N-ethyl adjacent to an activating group) is 1. The molecule has 1 N–H and O–H groups in total. The number of aliphatic hydroxyl groups is 1. The van der Waals surface area contributed by atoms with Crippen LogP contribution < -0.4 is 9.64 Å². The van der Waals surface area contributed by atoms with Crippen LogP contribution in [-0.2, 0) is 5.41 Å². The van der Waals surface area contributed by atoms with Gasteiger partial charge in [-0.2, -0.15) is 0 Å². The van der Waals surface area contributed by atoms with Crippen molar-refractivity contribution in [3.8, 4) is 5.75 Å². The fourth-order valence-corrected chi connectivity index (χ4v) is 2.42. The zero-order chi connectivity index (χ0) is 12.8. The predicted octanol–water partition coefficient (Wildman–Crippen LogP) is 1.55. The molecule has 4 heteroatoms. The number of aldehydes is 1. The van der Waals surface area contributed by atoms with Crippen molar-refractivity contribution < 1.29 is 14.6 Å². The van der Waals surface area contributed by atoms with Gasteiger partial charge in [0.1, 0.15) is 12.0 Å². The predicted molar refractivity (Wildman–Crippen MR) is 65.8 cm³/mol. The second kappa shape index (κ2) is 3.74. The maximum absolute atomic E-state index is 11.0. The molecule has 2 rings (SSSR count). The maximum atomic E-state index is 11.0. The molecular formula is C13H17NO3. The largest absolute Gasteiger partial charge is 0.496 e. The van der Waals surface area contributed by atoms with Crippen molar-refractivity contribution in [3.63, 3.8) is 0 Å². The van der Waals surface area contributed by atoms with E-state index >= 15 is 0 Å². The molecule has 0 aromatic heterocycles. The topological polar surface area (TPSA) is 49.8 Å². The Morgan fingerprint density at radius 1 is 1.47 bits per heavy atom. The Hall–Kier alpha value is -1.55. The van der Waals surface area contributed by atoms with E-state index in [1.54, 1.807) is 17.0 Å². The summed E-state index contributed by atoms with van der Waals surface area (Å²) in [7, 11) is 3.36. The molecular weight excluding hydrogens is 218 g/mol. The quantitative estimate of drug-likeness (QED) is 0.790. The third-order valence-corrected chi connectivity index (χ3v) is 3.56. The normalized spacial score (nSPS) is 21.2. The highest BCUT2D eigenvalue weighted by Crippen LogP contribution is 2.45. The van der Waals surface area contributed by atoms with E-state index in [1.165, 1.54) is 7.11 Å². The molecule has 0 bridgehead atoms. The molecule has 0 aliphatic carbocycles. The van der Waals surface area contributed by atoms with Crippen molar-refractivity contribution in [3.05, 3.63) is 23.3 Å². The van der Waals surface area contributed by atoms with Crippen LogP contribution in [0.25, 0.3) is 0 Å². The van der Waals surface area contributed by atoms with Gasteiger partial charge < -0.3 is 14.7 Å². The molecule has 0 radical (unpaired) electrons. The van der Waals surface area contributed by atoms with Crippen molar-refractivity contribution in [2.75, 3.05) is 19.1 Å². The Bertz CT molecular complexity index is 468. The lowest BCUT2D eigenvalue weighted by Gasteiger charge is -2.26. The van der Waals surface area contributed by atoms with Crippen molar-refractivity contribution in [1.82, 2.24) is 0 Å². The van der Waals surface area contributed by atoms with Crippen LogP contribution in [-0.4, -0.2) is 31.8 Å². The molecule has 1 heterocycles. The average molecular weight is 235 g/mol. The Labute approximate surface area is 101 Å². The number of anilines is 1. The van der Waals surface area contributed by atoms with E-state index in [9.17, 15) is 9.90 Å². The maximum Gasteiger partial charge on any atom is 0.153 e. The smallest absolute Gasteiger partial charge is 0.153 e. The summed E-state index contributed by atoms with van der Waals surface area (Å²) in [6, 6.07) is 3.60. The molecule has 17 heavy (non-hydrogen) atoms. The number of hydrogen-bond acceptors (Lipinski definition) is 4. The van der Waals surface area contributed by atoms with Crippen LogP contribution in [0.1, 0.15) is 29.8 Å². The van der Waals surface area contributed by atoms with Gasteiger partial charge in [0.15, 0.2) is 6.29 Å². The molecule has 0 saturated carbocycles. The summed E-state index contributed by atoms with van der Waals surface area (Å²) in [5.41, 5.74) is 2.00. The van der Waals surface area contributed by atoms with E-state index in [0.29, 0.717) is 11.3 Å². The van der Waals surface area contributed by atoms with E-state index in [2.05, 4.69) is 0 Å². The molecule has 0 spiro atoms. The Morgan fingerprint density at radius 2 is 2.12 bits per heavy atom. The highest BCUT2D eigenvalue weighted by molar-refractivity contribution is 5.83. The van der Waals surface area contributed by atoms with Gasteiger partial charge in [0.05, 0.1) is 12.7 Å². The molecule has 1 aromatic rings. The van der Waals surface area contributed by atoms with Gasteiger partial charge in [-0.15, -0.1) is 0 Å². The van der Waals surface area contributed by atoms with Gasteiger partial charge in [0, 0.05) is 24.2 Å². The molecule has 0 amide bonds. The minimum absolute atomic E-state index is 0.395. The van der Waals surface area contributed by atoms with Crippen LogP contribution in [0, 0.1) is 0 Å². The third-order valence-electron chi connectivity index (χ3n) is 3.56. The first-order valence-corrected chi connectivity index (χ1v) is 5.52. The van der Waals surface area contributed by atoms with Crippen molar-refractivity contribution in [2.45, 2.75) is 25.5 Å². The second-order valence-electron chi connectivity index (χ2n) is 4.94. The number of aliphatic hydroxyl groups excluding tert-OH is 1. The van der Waals surface area contributed by atoms with E-state index in [0.717, 1.165) is 17.5 Å². The standard InChI is InChI=1S/C13H17NO3/c1-13(2)9-5-8(7-15)11(17-4)6-10(9)14(3)12(13)16/h5-7,12,16H,1-4H3. The van der Waals surface area contributed by atoms with Gasteiger partial charge in [0.2, 0.25) is 0 Å². The highest BCUT2D eigenvalue weighted by Gasteiger charge is 2.42. The molecule has 1 aromatic carbocycles. The lowest BCUT2D eigenvalue weighted by molar-refractivity contribution is 0.111. The fourth-order valence-electron chi connectivity index (χ4n) is 2.42. The van der Waals surface area contributed by atoms with Crippen LogP contribution >= 0.6 is 0 Å². The number of rotatable bonds is 2. The summed E-state index contributed by atoms with van der Waals surface area (Å²) in [6.45, 7) is 3.92. The van der Waals surface area contributed by atoms with E-state index in [-0.39, 0.29) is 0 Å². The molecule has 0 fully saturated rings. The molecule has 1 aliphatic heterocycles. The lowest BCUT2D eigenvalue weighted by Crippen LogP contribution is -2.38. The lowest BCUT2D eigenvalue weighted by atomic mass is 9.84. The number of carbonyl (C=O) groups excluding carboxylic acids is 1. The van der Waals surface area contributed by atoms with E-state index < -0.39 is 11.6 Å². The first kappa shape index (κ1) is 11.9. The first-order chi connectivity index (χ1) is 7.93. The van der Waals surface area contributed by atoms with Crippen LogP contribution in [0.2, 0.25) is 0 Å². The first-order valence-electron chi connectivity index (χ1n) is 5.52. The minimum Gasteiger partial charge on any atom is -0.496 e. The van der Waals surface area contributed by atoms with Crippen molar-refractivity contribution in [2.24, 2.45) is 0 Å². The summed E-state index contributed by atoms with van der Waals surface area (Å²) in [6.07, 6.45) is 0.184. The fraction of sp³-hybridized carbons (Fsp3) is 0.462. The van der Waals surface area contributed by atoms with Gasteiger partial charge >= 0.3 is 0 Å². The summed E-state index contributed by atoms with van der Waals surface area (Å²) in [5, 5.41) is 10.2. The molecule has 92 valence electrons. The van der Waals surface area contributed by atoms with Gasteiger partial charge in [-0.1, -0.05) is 13.8 Å². The summed E-state index contributed by atoms with van der Waals surface area (Å²) in [4.78, 5) is 12.8. The summed E-state index contributed by atoms with van der Waals surface area (Å²) < 4.78 is 5.17. The highest BCUT2D eigenvalue weighted by atomic mass is 16.5. The molecule has 1 atom stereocenters. The zero-order valence-corrected chi connectivity index (χ0v) is 10.5. The third kappa shape index (κ3) is 1.52. The summed E-state index contributed by atoms with van der Waals surface area (Å²) in [5.74, 6) is 0.538. The van der Waals surface area contributed by atoms with Crippen molar-refractivity contribution >= 4 is 12.0 Å².